The third-order valence-corrected chi connectivity index (χ3v) is 6.19. The van der Waals surface area contributed by atoms with Crippen LogP contribution in [0, 0.1) is 0 Å². The van der Waals surface area contributed by atoms with Gasteiger partial charge in [0.25, 0.3) is 5.91 Å². The fraction of sp³-hybridized carbons (Fsp3) is 0.533. The van der Waals surface area contributed by atoms with Crippen molar-refractivity contribution >= 4 is 21.6 Å². The lowest BCUT2D eigenvalue weighted by molar-refractivity contribution is -0.122. The Morgan fingerprint density at radius 3 is 2.61 bits per heavy atom. The molecule has 1 N–H and O–H groups in total. The molecule has 0 aromatic heterocycles. The van der Waals surface area contributed by atoms with Crippen LogP contribution in [0.5, 0.6) is 5.75 Å². The minimum absolute atomic E-state index is 0.180. The zero-order valence-corrected chi connectivity index (χ0v) is 14.1. The molecule has 1 amide bonds. The van der Waals surface area contributed by atoms with Gasteiger partial charge in [0.15, 0.2) is 6.10 Å². The number of likely N-dealkylation sites (N-methyl/N-ethyl adjacent to an activating group) is 1. The lowest BCUT2D eigenvalue weighted by Gasteiger charge is -2.33. The van der Waals surface area contributed by atoms with E-state index in [0.29, 0.717) is 24.5 Å². The fourth-order valence-corrected chi connectivity index (χ4v) is 4.23. The number of sulfonamides is 1. The number of rotatable bonds is 3. The number of piperazine rings is 1. The summed E-state index contributed by atoms with van der Waals surface area (Å²) in [5.74, 6) is 0.218. The number of carbonyl (C=O) groups is 1. The van der Waals surface area contributed by atoms with E-state index in [-0.39, 0.29) is 10.8 Å². The van der Waals surface area contributed by atoms with Crippen molar-refractivity contribution in [2.75, 3.05) is 38.0 Å². The van der Waals surface area contributed by atoms with Crippen molar-refractivity contribution in [2.45, 2.75) is 24.8 Å². The first-order chi connectivity index (χ1) is 10.9. The minimum Gasteiger partial charge on any atom is -0.479 e. The topological polar surface area (TPSA) is 79.0 Å². The third-order valence-electron chi connectivity index (χ3n) is 4.30. The van der Waals surface area contributed by atoms with E-state index in [1.165, 1.54) is 16.4 Å². The van der Waals surface area contributed by atoms with Crippen molar-refractivity contribution in [2.24, 2.45) is 0 Å². The van der Waals surface area contributed by atoms with Gasteiger partial charge in [0, 0.05) is 26.2 Å². The molecule has 23 heavy (non-hydrogen) atoms. The molecule has 1 saturated heterocycles. The second kappa shape index (κ2) is 6.10. The van der Waals surface area contributed by atoms with Gasteiger partial charge in [-0.3, -0.25) is 4.79 Å². The Labute approximate surface area is 136 Å². The molecule has 1 atom stereocenters. The first kappa shape index (κ1) is 16.2. The third kappa shape index (κ3) is 3.06. The molecule has 0 spiro atoms. The van der Waals surface area contributed by atoms with Gasteiger partial charge in [-0.25, -0.2) is 8.42 Å². The monoisotopic (exact) mass is 339 g/mol. The van der Waals surface area contributed by atoms with Crippen LogP contribution in [0.2, 0.25) is 0 Å². The van der Waals surface area contributed by atoms with Crippen LogP contribution in [0.3, 0.4) is 0 Å². The molecule has 2 aliphatic rings. The molecule has 0 aliphatic carbocycles. The molecule has 0 saturated carbocycles. The summed E-state index contributed by atoms with van der Waals surface area (Å²) in [6, 6.07) is 4.60. The van der Waals surface area contributed by atoms with E-state index >= 15 is 0 Å². The van der Waals surface area contributed by atoms with Crippen LogP contribution >= 0.6 is 0 Å². The van der Waals surface area contributed by atoms with Gasteiger partial charge in [0.2, 0.25) is 10.0 Å². The summed E-state index contributed by atoms with van der Waals surface area (Å²) >= 11 is 0. The zero-order chi connectivity index (χ0) is 16.6. The zero-order valence-electron chi connectivity index (χ0n) is 13.3. The van der Waals surface area contributed by atoms with E-state index in [2.05, 4.69) is 17.1 Å². The lowest BCUT2D eigenvalue weighted by Crippen LogP contribution is -2.48. The number of amides is 1. The summed E-state index contributed by atoms with van der Waals surface area (Å²) in [5.41, 5.74) is 0.404. The summed E-state index contributed by atoms with van der Waals surface area (Å²) in [5, 5.41) is 2.69. The Bertz CT molecular complexity index is 711. The SMILES string of the molecule is CCN1CCN(S(=O)(=O)c2ccc3c(c2)NC(=O)[C@H](C)O3)CC1. The molecule has 0 unspecified atom stereocenters. The summed E-state index contributed by atoms with van der Waals surface area (Å²) in [6.45, 7) is 7.07. The number of hydrogen-bond acceptors (Lipinski definition) is 5. The van der Waals surface area contributed by atoms with Gasteiger partial charge in [-0.15, -0.1) is 0 Å². The Morgan fingerprint density at radius 1 is 1.26 bits per heavy atom. The molecule has 3 rings (SSSR count). The fourth-order valence-electron chi connectivity index (χ4n) is 2.78. The van der Waals surface area contributed by atoms with Gasteiger partial charge in [-0.05, 0) is 31.7 Å². The van der Waals surface area contributed by atoms with Gasteiger partial charge in [-0.2, -0.15) is 4.31 Å². The highest BCUT2D eigenvalue weighted by molar-refractivity contribution is 7.89. The maximum Gasteiger partial charge on any atom is 0.265 e. The average molecular weight is 339 g/mol. The van der Waals surface area contributed by atoms with Crippen molar-refractivity contribution in [3.8, 4) is 5.75 Å². The average Bonchev–Trinajstić information content (AvgIpc) is 2.55. The molecule has 2 aliphatic heterocycles. The quantitative estimate of drug-likeness (QED) is 0.878. The van der Waals surface area contributed by atoms with Crippen molar-refractivity contribution < 1.29 is 17.9 Å². The number of anilines is 1. The largest absolute Gasteiger partial charge is 0.479 e. The molecule has 1 fully saturated rings. The van der Waals surface area contributed by atoms with Gasteiger partial charge in [-0.1, -0.05) is 6.92 Å². The molecule has 126 valence electrons. The second-order valence-electron chi connectivity index (χ2n) is 5.75. The summed E-state index contributed by atoms with van der Waals surface area (Å²) in [7, 11) is -3.56. The number of fused-ring (bicyclic) bond motifs is 1. The number of benzene rings is 1. The molecular formula is C15H21N3O4S. The Kier molecular flexibility index (Phi) is 4.31. The highest BCUT2D eigenvalue weighted by Gasteiger charge is 2.30. The van der Waals surface area contributed by atoms with Crippen molar-refractivity contribution in [1.82, 2.24) is 9.21 Å². The molecule has 1 aromatic carbocycles. The standard InChI is InChI=1S/C15H21N3O4S/c1-3-17-6-8-18(9-7-17)23(20,21)12-4-5-14-13(10-12)16-15(19)11(2)22-14/h4-5,10-11H,3,6-9H2,1-2H3,(H,16,19)/t11-/m0/s1. The van der Waals surface area contributed by atoms with Crippen LogP contribution in [-0.4, -0.2) is 62.4 Å². The Hall–Kier alpha value is -1.64. The highest BCUT2D eigenvalue weighted by atomic mass is 32.2. The predicted octanol–water partition coefficient (Wildman–Crippen LogP) is 0.732. The number of nitrogens with zero attached hydrogens (tertiary/aromatic N) is 2. The summed E-state index contributed by atoms with van der Waals surface area (Å²) in [4.78, 5) is 14.1. The number of nitrogens with one attached hydrogen (secondary N) is 1. The highest BCUT2D eigenvalue weighted by Crippen LogP contribution is 2.32. The molecule has 1 aromatic rings. The first-order valence-corrected chi connectivity index (χ1v) is 9.20. The maximum absolute atomic E-state index is 12.8. The minimum atomic E-state index is -3.56. The first-order valence-electron chi connectivity index (χ1n) is 7.76. The van der Waals surface area contributed by atoms with Crippen molar-refractivity contribution in [3.63, 3.8) is 0 Å². The van der Waals surface area contributed by atoms with E-state index < -0.39 is 16.1 Å². The maximum atomic E-state index is 12.8. The molecule has 0 radical (unpaired) electrons. The molecular weight excluding hydrogens is 318 g/mol. The van der Waals surface area contributed by atoms with E-state index in [0.717, 1.165) is 19.6 Å². The molecule has 2 heterocycles. The van der Waals surface area contributed by atoms with Crippen molar-refractivity contribution in [3.05, 3.63) is 18.2 Å². The van der Waals surface area contributed by atoms with E-state index in [4.69, 9.17) is 4.74 Å². The number of ether oxygens (including phenoxy) is 1. The van der Waals surface area contributed by atoms with Gasteiger partial charge in [0.05, 0.1) is 10.6 Å². The van der Waals surface area contributed by atoms with Crippen LogP contribution in [0.25, 0.3) is 0 Å². The smallest absolute Gasteiger partial charge is 0.265 e. The van der Waals surface area contributed by atoms with Crippen LogP contribution < -0.4 is 10.1 Å². The molecule has 8 heteroatoms. The van der Waals surface area contributed by atoms with Crippen molar-refractivity contribution in [1.29, 1.82) is 0 Å². The lowest BCUT2D eigenvalue weighted by atomic mass is 10.2. The van der Waals surface area contributed by atoms with Crippen LogP contribution in [-0.2, 0) is 14.8 Å². The van der Waals surface area contributed by atoms with Crippen LogP contribution in [0.15, 0.2) is 23.1 Å². The molecule has 7 nitrogen and oxygen atoms in total. The Morgan fingerprint density at radius 2 is 1.96 bits per heavy atom. The molecule has 0 bridgehead atoms. The van der Waals surface area contributed by atoms with Gasteiger partial charge < -0.3 is 15.0 Å². The second-order valence-corrected chi connectivity index (χ2v) is 7.68. The van der Waals surface area contributed by atoms with E-state index in [1.54, 1.807) is 13.0 Å². The van der Waals surface area contributed by atoms with E-state index in [9.17, 15) is 13.2 Å². The van der Waals surface area contributed by atoms with Crippen LogP contribution in [0.1, 0.15) is 13.8 Å². The summed E-state index contributed by atoms with van der Waals surface area (Å²) < 4.78 is 32.5. The van der Waals surface area contributed by atoms with Crippen LogP contribution in [0.4, 0.5) is 5.69 Å². The Balaban J connectivity index is 1.84. The van der Waals surface area contributed by atoms with E-state index in [1.807, 2.05) is 0 Å². The normalized spacial score (nSPS) is 23.0. The summed E-state index contributed by atoms with van der Waals surface area (Å²) in [6.07, 6.45) is -0.577. The predicted molar refractivity (Wildman–Crippen MR) is 86.0 cm³/mol. The number of hydrogen-bond donors (Lipinski definition) is 1. The van der Waals surface area contributed by atoms with Gasteiger partial charge in [0.1, 0.15) is 5.75 Å². The number of carbonyl (C=O) groups excluding carboxylic acids is 1. The van der Waals surface area contributed by atoms with Gasteiger partial charge >= 0.3 is 0 Å².